The van der Waals surface area contributed by atoms with Crippen molar-refractivity contribution in [1.82, 2.24) is 4.90 Å². The molecule has 1 unspecified atom stereocenters. The first kappa shape index (κ1) is 11.4. The van der Waals surface area contributed by atoms with E-state index >= 15 is 0 Å². The number of hydrogen-bond acceptors (Lipinski definition) is 2. The third-order valence-electron chi connectivity index (χ3n) is 4.19. The Labute approximate surface area is 94.2 Å². The second-order valence-electron chi connectivity index (χ2n) is 5.73. The average molecular weight is 210 g/mol. The summed E-state index contributed by atoms with van der Waals surface area (Å²) in [6.45, 7) is 6.80. The van der Waals surface area contributed by atoms with E-state index in [-0.39, 0.29) is 0 Å². The molecule has 0 aromatic rings. The molecule has 1 atom stereocenters. The molecule has 2 fully saturated rings. The summed E-state index contributed by atoms with van der Waals surface area (Å²) >= 11 is 0. The van der Waals surface area contributed by atoms with E-state index in [0.29, 0.717) is 12.1 Å². The Kier molecular flexibility index (Phi) is 3.68. The van der Waals surface area contributed by atoms with Crippen molar-refractivity contribution >= 4 is 0 Å². The second kappa shape index (κ2) is 4.84. The molecule has 2 heteroatoms. The zero-order chi connectivity index (χ0) is 10.8. The molecule has 2 saturated carbocycles. The van der Waals surface area contributed by atoms with Crippen molar-refractivity contribution in [3.8, 4) is 0 Å². The van der Waals surface area contributed by atoms with Gasteiger partial charge in [0.25, 0.3) is 0 Å². The molecule has 2 nitrogen and oxygen atoms in total. The van der Waals surface area contributed by atoms with Crippen molar-refractivity contribution in [3.63, 3.8) is 0 Å². The van der Waals surface area contributed by atoms with E-state index in [1.165, 1.54) is 38.6 Å². The normalized spacial score (nSPS) is 24.6. The van der Waals surface area contributed by atoms with Gasteiger partial charge >= 0.3 is 0 Å². The summed E-state index contributed by atoms with van der Waals surface area (Å²) in [5, 5.41) is 0. The van der Waals surface area contributed by atoms with Crippen molar-refractivity contribution in [1.29, 1.82) is 0 Å². The van der Waals surface area contributed by atoms with E-state index in [9.17, 15) is 0 Å². The van der Waals surface area contributed by atoms with Gasteiger partial charge in [0.15, 0.2) is 0 Å². The molecule has 0 amide bonds. The molecule has 0 spiro atoms. The summed E-state index contributed by atoms with van der Waals surface area (Å²) in [6.07, 6.45) is 7.15. The Morgan fingerprint density at radius 2 is 1.87 bits per heavy atom. The minimum atomic E-state index is 0.666. The highest BCUT2D eigenvalue weighted by molar-refractivity contribution is 4.89. The fraction of sp³-hybridized carbons (Fsp3) is 1.00. The first-order valence-electron chi connectivity index (χ1n) is 6.68. The lowest BCUT2D eigenvalue weighted by Gasteiger charge is -2.43. The van der Waals surface area contributed by atoms with Gasteiger partial charge in [-0.3, -0.25) is 4.90 Å². The Morgan fingerprint density at radius 3 is 2.20 bits per heavy atom. The van der Waals surface area contributed by atoms with Crippen LogP contribution in [0.2, 0.25) is 0 Å². The zero-order valence-corrected chi connectivity index (χ0v) is 10.3. The molecule has 0 heterocycles. The van der Waals surface area contributed by atoms with Crippen molar-refractivity contribution in [2.45, 2.75) is 58.0 Å². The number of rotatable bonds is 6. The topological polar surface area (TPSA) is 29.3 Å². The summed E-state index contributed by atoms with van der Waals surface area (Å²) in [6, 6.07) is 1.33. The third-order valence-corrected chi connectivity index (χ3v) is 4.19. The van der Waals surface area contributed by atoms with Gasteiger partial charge in [0.2, 0.25) is 0 Å². The monoisotopic (exact) mass is 210 g/mol. The third kappa shape index (κ3) is 2.73. The maximum Gasteiger partial charge on any atom is 0.0249 e. The van der Waals surface area contributed by atoms with Crippen molar-refractivity contribution in [2.24, 2.45) is 17.6 Å². The smallest absolute Gasteiger partial charge is 0.0249 e. The molecule has 2 rings (SSSR count). The lowest BCUT2D eigenvalue weighted by atomic mass is 9.78. The Morgan fingerprint density at radius 1 is 1.20 bits per heavy atom. The molecular weight excluding hydrogens is 184 g/mol. The van der Waals surface area contributed by atoms with Crippen LogP contribution >= 0.6 is 0 Å². The van der Waals surface area contributed by atoms with Crippen LogP contribution in [-0.4, -0.2) is 30.1 Å². The van der Waals surface area contributed by atoms with Crippen LogP contribution in [0.3, 0.4) is 0 Å². The molecule has 0 aliphatic heterocycles. The van der Waals surface area contributed by atoms with Gasteiger partial charge < -0.3 is 5.73 Å². The van der Waals surface area contributed by atoms with E-state index in [2.05, 4.69) is 18.7 Å². The molecule has 2 aliphatic carbocycles. The van der Waals surface area contributed by atoms with E-state index in [1.807, 2.05) is 0 Å². The molecule has 15 heavy (non-hydrogen) atoms. The predicted molar refractivity (Wildman–Crippen MR) is 64.7 cm³/mol. The molecule has 0 aromatic heterocycles. The minimum absolute atomic E-state index is 0.666. The van der Waals surface area contributed by atoms with Crippen LogP contribution in [0.1, 0.15) is 46.0 Å². The minimum Gasteiger partial charge on any atom is -0.329 e. The zero-order valence-electron chi connectivity index (χ0n) is 10.3. The van der Waals surface area contributed by atoms with Gasteiger partial charge in [0.05, 0.1) is 0 Å². The van der Waals surface area contributed by atoms with Gasteiger partial charge in [-0.1, -0.05) is 6.42 Å². The van der Waals surface area contributed by atoms with Gasteiger partial charge in [0, 0.05) is 25.2 Å². The first-order valence-corrected chi connectivity index (χ1v) is 6.68. The van der Waals surface area contributed by atoms with Crippen LogP contribution in [-0.2, 0) is 0 Å². The van der Waals surface area contributed by atoms with Crippen LogP contribution in [0.4, 0.5) is 0 Å². The molecule has 0 radical (unpaired) electrons. The van der Waals surface area contributed by atoms with E-state index in [1.54, 1.807) is 0 Å². The molecule has 0 bridgehead atoms. The highest BCUT2D eigenvalue weighted by Gasteiger charge is 2.35. The van der Waals surface area contributed by atoms with Crippen LogP contribution < -0.4 is 5.73 Å². The average Bonchev–Trinajstić information content (AvgIpc) is 2.90. The molecular formula is C13H26N2. The predicted octanol–water partition coefficient (Wildman–Crippen LogP) is 2.23. The van der Waals surface area contributed by atoms with E-state index in [4.69, 9.17) is 5.73 Å². The largest absolute Gasteiger partial charge is 0.329 e. The maximum atomic E-state index is 5.98. The number of nitrogens with two attached hydrogens (primary N) is 1. The fourth-order valence-corrected chi connectivity index (χ4v) is 2.75. The Bertz CT molecular complexity index is 195. The van der Waals surface area contributed by atoms with Crippen LogP contribution in [0.25, 0.3) is 0 Å². The summed E-state index contributed by atoms with van der Waals surface area (Å²) in [5.74, 6) is 1.89. The van der Waals surface area contributed by atoms with Crippen molar-refractivity contribution in [3.05, 3.63) is 0 Å². The van der Waals surface area contributed by atoms with Crippen LogP contribution in [0, 0.1) is 11.8 Å². The lowest BCUT2D eigenvalue weighted by Crippen LogP contribution is -2.51. The van der Waals surface area contributed by atoms with Crippen LogP contribution in [0.5, 0.6) is 0 Å². The van der Waals surface area contributed by atoms with Gasteiger partial charge in [0.1, 0.15) is 0 Å². The van der Waals surface area contributed by atoms with E-state index < -0.39 is 0 Å². The molecule has 0 saturated heterocycles. The molecule has 88 valence electrons. The summed E-state index contributed by atoms with van der Waals surface area (Å²) in [4.78, 5) is 2.68. The highest BCUT2D eigenvalue weighted by atomic mass is 15.2. The summed E-state index contributed by atoms with van der Waals surface area (Å²) in [5.41, 5.74) is 5.98. The Hall–Kier alpha value is -0.0800. The number of nitrogens with zero attached hydrogens (tertiary/aromatic N) is 1. The maximum absolute atomic E-state index is 5.98. The van der Waals surface area contributed by atoms with Gasteiger partial charge in [-0.25, -0.2) is 0 Å². The fourth-order valence-electron chi connectivity index (χ4n) is 2.75. The van der Waals surface area contributed by atoms with Gasteiger partial charge in [-0.2, -0.15) is 0 Å². The van der Waals surface area contributed by atoms with Crippen LogP contribution in [0.15, 0.2) is 0 Å². The Balaban J connectivity index is 1.92. The molecule has 2 aliphatic rings. The molecule has 2 N–H and O–H groups in total. The van der Waals surface area contributed by atoms with Gasteiger partial charge in [-0.05, 0) is 51.4 Å². The molecule has 0 aromatic carbocycles. The lowest BCUT2D eigenvalue weighted by molar-refractivity contribution is 0.0702. The number of hydrogen-bond donors (Lipinski definition) is 1. The van der Waals surface area contributed by atoms with Crippen molar-refractivity contribution < 1.29 is 0 Å². The SMILES string of the molecule is CC(C)N(CC1CC1)C(CN)C1CCC1. The van der Waals surface area contributed by atoms with Crippen molar-refractivity contribution in [2.75, 3.05) is 13.1 Å². The first-order chi connectivity index (χ1) is 7.22. The summed E-state index contributed by atoms with van der Waals surface area (Å²) in [7, 11) is 0. The van der Waals surface area contributed by atoms with E-state index in [0.717, 1.165) is 18.4 Å². The standard InChI is InChI=1S/C13H26N2/c1-10(2)15(9-11-6-7-11)13(8-14)12-4-3-5-12/h10-13H,3-9,14H2,1-2H3. The van der Waals surface area contributed by atoms with Gasteiger partial charge in [-0.15, -0.1) is 0 Å². The quantitative estimate of drug-likeness (QED) is 0.728. The summed E-state index contributed by atoms with van der Waals surface area (Å²) < 4.78 is 0. The second-order valence-corrected chi connectivity index (χ2v) is 5.73. The highest BCUT2D eigenvalue weighted by Crippen LogP contribution is 2.36.